The minimum atomic E-state index is 0.509. The van der Waals surface area contributed by atoms with Crippen LogP contribution in [0, 0.1) is 13.8 Å². The van der Waals surface area contributed by atoms with Crippen LogP contribution < -0.4 is 5.73 Å². The molecular weight excluding hydrogens is 254 g/mol. The molecule has 0 spiro atoms. The van der Waals surface area contributed by atoms with Crippen molar-refractivity contribution in [3.05, 3.63) is 52.6 Å². The molecule has 21 heavy (non-hydrogen) atoms. The van der Waals surface area contributed by atoms with E-state index < -0.39 is 0 Å². The zero-order valence-corrected chi connectivity index (χ0v) is 14.1. The van der Waals surface area contributed by atoms with Crippen LogP contribution in [0.4, 0.5) is 5.69 Å². The number of hydrogen-bond donors (Lipinski definition) is 1. The molecular formula is C20H27N. The molecule has 0 fully saturated rings. The first kappa shape index (κ1) is 15.6. The highest BCUT2D eigenvalue weighted by Crippen LogP contribution is 2.39. The number of nitrogens with two attached hydrogens (primary N) is 1. The largest absolute Gasteiger partial charge is 0.399 e. The minimum absolute atomic E-state index is 0.509. The number of aryl methyl sites for hydroxylation is 2. The standard InChI is InChI=1S/C20H27N/c1-12(2)17-8-7-9-18(13(3)4)20(17)19-14(5)10-16(21)11-15(19)6/h7-13H,21H2,1-6H3. The Hall–Kier alpha value is -1.76. The first-order valence-corrected chi connectivity index (χ1v) is 7.82. The highest BCUT2D eigenvalue weighted by atomic mass is 14.5. The molecule has 0 aliphatic carbocycles. The van der Waals surface area contributed by atoms with E-state index in [0.29, 0.717) is 11.8 Å². The summed E-state index contributed by atoms with van der Waals surface area (Å²) >= 11 is 0. The van der Waals surface area contributed by atoms with Gasteiger partial charge in [0.25, 0.3) is 0 Å². The number of hydrogen-bond acceptors (Lipinski definition) is 1. The van der Waals surface area contributed by atoms with Crippen LogP contribution in [0.5, 0.6) is 0 Å². The lowest BCUT2D eigenvalue weighted by Gasteiger charge is -2.23. The van der Waals surface area contributed by atoms with Crippen molar-refractivity contribution in [2.24, 2.45) is 0 Å². The molecule has 2 aromatic rings. The highest BCUT2D eigenvalue weighted by Gasteiger charge is 2.18. The Labute approximate surface area is 129 Å². The Kier molecular flexibility index (Phi) is 4.41. The third-order valence-corrected chi connectivity index (χ3v) is 4.18. The van der Waals surface area contributed by atoms with E-state index >= 15 is 0 Å². The van der Waals surface area contributed by atoms with Gasteiger partial charge in [0, 0.05) is 5.69 Å². The summed E-state index contributed by atoms with van der Waals surface area (Å²) in [6, 6.07) is 10.9. The quantitative estimate of drug-likeness (QED) is 0.707. The van der Waals surface area contributed by atoms with Crippen molar-refractivity contribution in [2.45, 2.75) is 53.4 Å². The average molecular weight is 281 g/mol. The maximum absolute atomic E-state index is 6.00. The predicted molar refractivity (Wildman–Crippen MR) is 93.9 cm³/mol. The molecule has 0 saturated heterocycles. The first-order valence-electron chi connectivity index (χ1n) is 7.82. The Morgan fingerprint density at radius 3 is 1.57 bits per heavy atom. The number of anilines is 1. The summed E-state index contributed by atoms with van der Waals surface area (Å²) in [7, 11) is 0. The van der Waals surface area contributed by atoms with E-state index in [1.54, 1.807) is 0 Å². The van der Waals surface area contributed by atoms with Gasteiger partial charge in [0.1, 0.15) is 0 Å². The molecule has 2 aromatic carbocycles. The molecule has 1 heteroatoms. The highest BCUT2D eigenvalue weighted by molar-refractivity contribution is 5.79. The van der Waals surface area contributed by atoms with Crippen LogP contribution >= 0.6 is 0 Å². The fourth-order valence-electron chi connectivity index (χ4n) is 3.23. The number of benzene rings is 2. The van der Waals surface area contributed by atoms with E-state index in [2.05, 4.69) is 71.9 Å². The van der Waals surface area contributed by atoms with Gasteiger partial charge in [-0.2, -0.15) is 0 Å². The molecule has 2 rings (SSSR count). The van der Waals surface area contributed by atoms with E-state index in [4.69, 9.17) is 5.73 Å². The third kappa shape index (κ3) is 2.97. The van der Waals surface area contributed by atoms with Crippen molar-refractivity contribution in [1.29, 1.82) is 0 Å². The van der Waals surface area contributed by atoms with Crippen molar-refractivity contribution in [3.8, 4) is 11.1 Å². The normalized spacial score (nSPS) is 11.4. The molecule has 1 nitrogen and oxygen atoms in total. The van der Waals surface area contributed by atoms with Gasteiger partial charge < -0.3 is 5.73 Å². The predicted octanol–water partition coefficient (Wildman–Crippen LogP) is 5.80. The zero-order chi connectivity index (χ0) is 15.7. The van der Waals surface area contributed by atoms with E-state index in [0.717, 1.165) is 5.69 Å². The van der Waals surface area contributed by atoms with E-state index in [1.807, 2.05) is 0 Å². The van der Waals surface area contributed by atoms with Crippen LogP contribution in [-0.2, 0) is 0 Å². The monoisotopic (exact) mass is 281 g/mol. The molecule has 112 valence electrons. The second-order valence-electron chi connectivity index (χ2n) is 6.65. The molecule has 0 amide bonds. The van der Waals surface area contributed by atoms with Gasteiger partial charge in [0.15, 0.2) is 0 Å². The van der Waals surface area contributed by atoms with Crippen LogP contribution in [0.3, 0.4) is 0 Å². The molecule has 0 aromatic heterocycles. The van der Waals surface area contributed by atoms with Crippen molar-refractivity contribution in [1.82, 2.24) is 0 Å². The van der Waals surface area contributed by atoms with E-state index in [1.165, 1.54) is 33.4 Å². The van der Waals surface area contributed by atoms with Gasteiger partial charge >= 0.3 is 0 Å². The lowest BCUT2D eigenvalue weighted by molar-refractivity contribution is 0.837. The SMILES string of the molecule is Cc1cc(N)cc(C)c1-c1c(C(C)C)cccc1C(C)C. The summed E-state index contributed by atoms with van der Waals surface area (Å²) in [4.78, 5) is 0. The zero-order valence-electron chi connectivity index (χ0n) is 14.1. The van der Waals surface area contributed by atoms with Gasteiger partial charge in [-0.25, -0.2) is 0 Å². The van der Waals surface area contributed by atoms with Gasteiger partial charge in [-0.3, -0.25) is 0 Å². The molecule has 0 aliphatic rings. The number of nitrogen functional groups attached to an aromatic ring is 1. The average Bonchev–Trinajstić information content (AvgIpc) is 2.37. The minimum Gasteiger partial charge on any atom is -0.399 e. The molecule has 0 bridgehead atoms. The smallest absolute Gasteiger partial charge is 0.0319 e. The molecule has 0 radical (unpaired) electrons. The second kappa shape index (κ2) is 5.93. The van der Waals surface area contributed by atoms with Gasteiger partial charge in [-0.1, -0.05) is 45.9 Å². The van der Waals surface area contributed by atoms with Crippen molar-refractivity contribution < 1.29 is 0 Å². The van der Waals surface area contributed by atoms with Crippen molar-refractivity contribution in [3.63, 3.8) is 0 Å². The maximum atomic E-state index is 6.00. The fraction of sp³-hybridized carbons (Fsp3) is 0.400. The summed E-state index contributed by atoms with van der Waals surface area (Å²) < 4.78 is 0. The molecule has 0 saturated carbocycles. The van der Waals surface area contributed by atoms with Crippen LogP contribution in [0.25, 0.3) is 11.1 Å². The van der Waals surface area contributed by atoms with Crippen molar-refractivity contribution in [2.75, 3.05) is 5.73 Å². The van der Waals surface area contributed by atoms with Gasteiger partial charge in [0.05, 0.1) is 0 Å². The topological polar surface area (TPSA) is 26.0 Å². The van der Waals surface area contributed by atoms with Gasteiger partial charge in [-0.05, 0) is 71.2 Å². The molecule has 0 atom stereocenters. The van der Waals surface area contributed by atoms with E-state index in [-0.39, 0.29) is 0 Å². The first-order chi connectivity index (χ1) is 9.82. The summed E-state index contributed by atoms with van der Waals surface area (Å²) in [6.45, 7) is 13.4. The molecule has 0 unspecified atom stereocenters. The molecule has 0 aliphatic heterocycles. The van der Waals surface area contributed by atoms with E-state index in [9.17, 15) is 0 Å². The lowest BCUT2D eigenvalue weighted by Crippen LogP contribution is -2.03. The van der Waals surface area contributed by atoms with Crippen LogP contribution in [0.15, 0.2) is 30.3 Å². The number of rotatable bonds is 3. The van der Waals surface area contributed by atoms with Gasteiger partial charge in [-0.15, -0.1) is 0 Å². The Bertz CT molecular complexity index is 602. The lowest BCUT2D eigenvalue weighted by atomic mass is 9.82. The van der Waals surface area contributed by atoms with Crippen LogP contribution in [0.2, 0.25) is 0 Å². The van der Waals surface area contributed by atoms with Gasteiger partial charge in [0.2, 0.25) is 0 Å². The van der Waals surface area contributed by atoms with Crippen LogP contribution in [0.1, 0.15) is 61.8 Å². The Morgan fingerprint density at radius 1 is 0.762 bits per heavy atom. The maximum Gasteiger partial charge on any atom is 0.0319 e. The second-order valence-corrected chi connectivity index (χ2v) is 6.65. The summed E-state index contributed by atoms with van der Waals surface area (Å²) in [5, 5.41) is 0. The molecule has 0 heterocycles. The Morgan fingerprint density at radius 2 is 1.19 bits per heavy atom. The molecule has 2 N–H and O–H groups in total. The third-order valence-electron chi connectivity index (χ3n) is 4.18. The van der Waals surface area contributed by atoms with Crippen molar-refractivity contribution >= 4 is 5.69 Å². The summed E-state index contributed by atoms with van der Waals surface area (Å²) in [5.41, 5.74) is 15.0. The summed E-state index contributed by atoms with van der Waals surface area (Å²) in [6.07, 6.45) is 0. The summed E-state index contributed by atoms with van der Waals surface area (Å²) in [5.74, 6) is 1.02. The van der Waals surface area contributed by atoms with Crippen LogP contribution in [-0.4, -0.2) is 0 Å². The Balaban J connectivity index is 2.85. The fourth-order valence-corrected chi connectivity index (χ4v) is 3.23.